The van der Waals surface area contributed by atoms with Crippen LogP contribution in [0.4, 0.5) is 11.4 Å². The van der Waals surface area contributed by atoms with Gasteiger partial charge in [-0.25, -0.2) is 9.80 Å². The van der Waals surface area contributed by atoms with Crippen LogP contribution in [-0.4, -0.2) is 25.7 Å². The third kappa shape index (κ3) is 2.38. The molecule has 1 aliphatic rings. The smallest absolute Gasteiger partial charge is 0.334 e. The number of ether oxygens (including phenoxy) is 1. The SMILES string of the molecule is COC(=O)C1CN(c2cccc(N=[N+]=[N-])c2)N=N1. The summed E-state index contributed by atoms with van der Waals surface area (Å²) in [4.78, 5) is 14.0. The molecule has 0 bridgehead atoms. The van der Waals surface area contributed by atoms with Crippen LogP contribution >= 0.6 is 0 Å². The summed E-state index contributed by atoms with van der Waals surface area (Å²) in [6, 6.07) is 6.25. The van der Waals surface area contributed by atoms with E-state index < -0.39 is 12.0 Å². The van der Waals surface area contributed by atoms with E-state index in [1.54, 1.807) is 29.3 Å². The summed E-state index contributed by atoms with van der Waals surface area (Å²) in [6.07, 6.45) is 0. The summed E-state index contributed by atoms with van der Waals surface area (Å²) in [5.41, 5.74) is 9.55. The van der Waals surface area contributed by atoms with Crippen molar-refractivity contribution >= 4 is 17.3 Å². The monoisotopic (exact) mass is 246 g/mol. The van der Waals surface area contributed by atoms with Crippen molar-refractivity contribution in [2.45, 2.75) is 6.04 Å². The van der Waals surface area contributed by atoms with Crippen molar-refractivity contribution in [1.29, 1.82) is 0 Å². The Morgan fingerprint density at radius 3 is 3.22 bits per heavy atom. The summed E-state index contributed by atoms with van der Waals surface area (Å²) >= 11 is 0. The van der Waals surface area contributed by atoms with Gasteiger partial charge in [-0.05, 0) is 17.7 Å². The number of carbonyl (C=O) groups excluding carboxylic acids is 1. The molecule has 0 fully saturated rings. The average Bonchev–Trinajstić information content (AvgIpc) is 2.88. The van der Waals surface area contributed by atoms with Crippen molar-refractivity contribution in [1.82, 2.24) is 0 Å². The number of hydrogen-bond acceptors (Lipinski definition) is 6. The maximum absolute atomic E-state index is 11.3. The first-order valence-electron chi connectivity index (χ1n) is 5.16. The van der Waals surface area contributed by atoms with Gasteiger partial charge in [-0.1, -0.05) is 22.5 Å². The Bertz CT molecular complexity index is 537. The van der Waals surface area contributed by atoms with Gasteiger partial charge >= 0.3 is 5.97 Å². The fraction of sp³-hybridized carbons (Fsp3) is 0.300. The molecule has 0 aliphatic carbocycles. The molecule has 1 aromatic rings. The van der Waals surface area contributed by atoms with E-state index in [1.165, 1.54) is 7.11 Å². The van der Waals surface area contributed by atoms with E-state index in [0.717, 1.165) is 0 Å². The lowest BCUT2D eigenvalue weighted by molar-refractivity contribution is -0.141. The Kier molecular flexibility index (Phi) is 3.40. The Hall–Kier alpha value is -2.60. The van der Waals surface area contributed by atoms with E-state index in [9.17, 15) is 4.79 Å². The van der Waals surface area contributed by atoms with Gasteiger partial charge in [0.25, 0.3) is 0 Å². The van der Waals surface area contributed by atoms with Crippen LogP contribution in [0.1, 0.15) is 0 Å². The van der Waals surface area contributed by atoms with Gasteiger partial charge in [-0.15, -0.1) is 0 Å². The number of hydrogen-bond donors (Lipinski definition) is 0. The lowest BCUT2D eigenvalue weighted by atomic mass is 10.2. The second-order valence-corrected chi connectivity index (χ2v) is 3.54. The second-order valence-electron chi connectivity index (χ2n) is 3.54. The molecule has 8 heteroatoms. The molecular weight excluding hydrogens is 236 g/mol. The molecule has 1 aromatic carbocycles. The van der Waals surface area contributed by atoms with E-state index in [1.807, 2.05) is 0 Å². The Labute approximate surface area is 102 Å². The third-order valence-electron chi connectivity index (χ3n) is 2.41. The molecule has 0 saturated heterocycles. The molecule has 2 rings (SSSR count). The van der Waals surface area contributed by atoms with Gasteiger partial charge in [0.15, 0.2) is 6.04 Å². The highest BCUT2D eigenvalue weighted by Crippen LogP contribution is 2.25. The highest BCUT2D eigenvalue weighted by Gasteiger charge is 2.27. The molecular formula is C10H10N6O2. The van der Waals surface area contributed by atoms with Crippen LogP contribution in [0, 0.1) is 0 Å². The molecule has 1 aliphatic heterocycles. The lowest BCUT2D eigenvalue weighted by Gasteiger charge is -2.13. The quantitative estimate of drug-likeness (QED) is 0.354. The molecule has 0 N–H and O–H groups in total. The predicted molar refractivity (Wildman–Crippen MR) is 63.3 cm³/mol. The average molecular weight is 246 g/mol. The Morgan fingerprint density at radius 1 is 1.67 bits per heavy atom. The number of azide groups is 1. The van der Waals surface area contributed by atoms with Crippen molar-refractivity contribution in [3.05, 3.63) is 34.7 Å². The van der Waals surface area contributed by atoms with Gasteiger partial charge < -0.3 is 4.74 Å². The van der Waals surface area contributed by atoms with Crippen LogP contribution in [0.3, 0.4) is 0 Å². The maximum Gasteiger partial charge on any atom is 0.334 e. The normalized spacial score (nSPS) is 17.4. The summed E-state index contributed by atoms with van der Waals surface area (Å²) in [6.45, 7) is 0.312. The van der Waals surface area contributed by atoms with Crippen molar-refractivity contribution in [2.75, 3.05) is 18.7 Å². The highest BCUT2D eigenvalue weighted by molar-refractivity contribution is 5.77. The molecule has 0 radical (unpaired) electrons. The number of anilines is 1. The molecule has 0 saturated carbocycles. The number of esters is 1. The van der Waals surface area contributed by atoms with Crippen LogP contribution in [-0.2, 0) is 9.53 Å². The zero-order chi connectivity index (χ0) is 13.0. The van der Waals surface area contributed by atoms with Crippen molar-refractivity contribution in [3.63, 3.8) is 0 Å². The summed E-state index contributed by atoms with van der Waals surface area (Å²) in [5.74, 6) is -0.424. The van der Waals surface area contributed by atoms with E-state index in [2.05, 4.69) is 25.1 Å². The molecule has 0 spiro atoms. The number of nitrogens with zero attached hydrogens (tertiary/aromatic N) is 6. The number of methoxy groups -OCH3 is 1. The topological polar surface area (TPSA) is 103 Å². The Morgan fingerprint density at radius 2 is 2.50 bits per heavy atom. The molecule has 8 nitrogen and oxygen atoms in total. The molecule has 1 atom stereocenters. The highest BCUT2D eigenvalue weighted by atomic mass is 16.5. The van der Waals surface area contributed by atoms with E-state index in [0.29, 0.717) is 17.9 Å². The maximum atomic E-state index is 11.3. The zero-order valence-corrected chi connectivity index (χ0v) is 9.59. The molecule has 1 unspecified atom stereocenters. The molecule has 18 heavy (non-hydrogen) atoms. The van der Waals surface area contributed by atoms with Crippen molar-refractivity contribution in [2.24, 2.45) is 15.5 Å². The fourth-order valence-electron chi connectivity index (χ4n) is 1.54. The number of carbonyl (C=O) groups is 1. The minimum Gasteiger partial charge on any atom is -0.467 e. The summed E-state index contributed by atoms with van der Waals surface area (Å²) < 4.78 is 4.59. The first-order valence-corrected chi connectivity index (χ1v) is 5.16. The van der Waals surface area contributed by atoms with Gasteiger partial charge in [-0.3, -0.25) is 0 Å². The van der Waals surface area contributed by atoms with Crippen LogP contribution < -0.4 is 5.01 Å². The van der Waals surface area contributed by atoms with Crippen LogP contribution in [0.5, 0.6) is 0 Å². The largest absolute Gasteiger partial charge is 0.467 e. The first-order chi connectivity index (χ1) is 8.74. The Balaban J connectivity index is 2.15. The standard InChI is InChI=1S/C10H10N6O2/c1-18-10(17)9-6-16(15-13-9)8-4-2-3-7(5-8)12-14-11/h2-5,9H,6H2,1H3. The summed E-state index contributed by atoms with van der Waals surface area (Å²) in [5, 5.41) is 12.7. The molecule has 0 aromatic heterocycles. The van der Waals surface area contributed by atoms with Crippen LogP contribution in [0.25, 0.3) is 10.4 Å². The fourth-order valence-corrected chi connectivity index (χ4v) is 1.54. The third-order valence-corrected chi connectivity index (χ3v) is 2.41. The second kappa shape index (κ2) is 5.15. The van der Waals surface area contributed by atoms with Gasteiger partial charge in [0, 0.05) is 10.6 Å². The minimum absolute atomic E-state index is 0.312. The van der Waals surface area contributed by atoms with Gasteiger partial charge in [0.2, 0.25) is 0 Å². The number of rotatable bonds is 3. The van der Waals surface area contributed by atoms with Gasteiger partial charge in [0.05, 0.1) is 19.3 Å². The van der Waals surface area contributed by atoms with Crippen LogP contribution in [0.2, 0.25) is 0 Å². The van der Waals surface area contributed by atoms with Crippen molar-refractivity contribution < 1.29 is 9.53 Å². The van der Waals surface area contributed by atoms with Gasteiger partial charge in [0.1, 0.15) is 0 Å². The predicted octanol–water partition coefficient (Wildman–Crippen LogP) is 2.36. The van der Waals surface area contributed by atoms with E-state index in [4.69, 9.17) is 5.53 Å². The summed E-state index contributed by atoms with van der Waals surface area (Å²) in [7, 11) is 1.31. The van der Waals surface area contributed by atoms with Crippen LogP contribution in [0.15, 0.2) is 39.7 Å². The molecule has 1 heterocycles. The lowest BCUT2D eigenvalue weighted by Crippen LogP contribution is -2.27. The number of benzene rings is 1. The van der Waals surface area contributed by atoms with E-state index >= 15 is 0 Å². The molecule has 92 valence electrons. The van der Waals surface area contributed by atoms with Crippen molar-refractivity contribution in [3.8, 4) is 0 Å². The van der Waals surface area contributed by atoms with Gasteiger partial charge in [-0.2, -0.15) is 5.11 Å². The minimum atomic E-state index is -0.613. The first kappa shape index (κ1) is 11.9. The molecule has 0 amide bonds. The zero-order valence-electron chi connectivity index (χ0n) is 9.59. The van der Waals surface area contributed by atoms with E-state index in [-0.39, 0.29) is 0 Å².